The van der Waals surface area contributed by atoms with Gasteiger partial charge < -0.3 is 10.2 Å². The van der Waals surface area contributed by atoms with Gasteiger partial charge in [-0.3, -0.25) is 4.79 Å². The van der Waals surface area contributed by atoms with Gasteiger partial charge in [0.25, 0.3) is 0 Å². The number of aryl methyl sites for hydroxylation is 4. The van der Waals surface area contributed by atoms with Gasteiger partial charge >= 0.3 is 0 Å². The van der Waals surface area contributed by atoms with Crippen LogP contribution in [0.1, 0.15) is 22.3 Å². The lowest BCUT2D eigenvalue weighted by Gasteiger charge is -2.16. The van der Waals surface area contributed by atoms with Crippen LogP contribution in [0.4, 0.5) is 10.8 Å². The number of aromatic nitrogens is 1. The molecule has 0 bridgehead atoms. The number of nitrogens with zero attached hydrogens (tertiary/aromatic N) is 2. The summed E-state index contributed by atoms with van der Waals surface area (Å²) in [6.07, 6.45) is 0. The third-order valence-electron chi connectivity index (χ3n) is 4.29. The minimum absolute atomic E-state index is 0.0397. The fourth-order valence-corrected chi connectivity index (χ4v) is 3.91. The van der Waals surface area contributed by atoms with Gasteiger partial charge in [0.05, 0.1) is 16.8 Å². The Morgan fingerprint density at radius 2 is 1.80 bits per heavy atom. The standard InChI is InChI=1S/C20H23N3OS/c1-12-6-9-16(15(4)10-12)21-17(24)11-23(5)20-22-18-13(2)7-8-14(3)19(18)25-20/h6-10H,11H2,1-5H3,(H,21,24). The van der Waals surface area contributed by atoms with Crippen molar-refractivity contribution in [3.8, 4) is 0 Å². The Bertz CT molecular complexity index is 907. The van der Waals surface area contributed by atoms with E-state index in [1.807, 2.05) is 37.9 Å². The number of amides is 1. The van der Waals surface area contributed by atoms with E-state index in [2.05, 4.69) is 37.4 Å². The molecule has 0 saturated heterocycles. The lowest BCUT2D eigenvalue weighted by molar-refractivity contribution is -0.114. The summed E-state index contributed by atoms with van der Waals surface area (Å²) in [5, 5.41) is 3.85. The first-order chi connectivity index (χ1) is 11.8. The molecule has 3 aromatic rings. The van der Waals surface area contributed by atoms with Crippen LogP contribution < -0.4 is 10.2 Å². The highest BCUT2D eigenvalue weighted by atomic mass is 32.1. The zero-order chi connectivity index (χ0) is 18.1. The van der Waals surface area contributed by atoms with Gasteiger partial charge in [-0.05, 0) is 50.5 Å². The van der Waals surface area contributed by atoms with Gasteiger partial charge in [-0.25, -0.2) is 4.98 Å². The van der Waals surface area contributed by atoms with Gasteiger partial charge in [0.15, 0.2) is 5.13 Å². The number of rotatable bonds is 4. The predicted octanol–water partition coefficient (Wildman–Crippen LogP) is 4.60. The van der Waals surface area contributed by atoms with Crippen molar-refractivity contribution < 1.29 is 4.79 Å². The van der Waals surface area contributed by atoms with Crippen molar-refractivity contribution in [3.63, 3.8) is 0 Å². The average Bonchev–Trinajstić information content (AvgIpc) is 3.00. The van der Waals surface area contributed by atoms with E-state index < -0.39 is 0 Å². The molecule has 1 aromatic heterocycles. The lowest BCUT2D eigenvalue weighted by atomic mass is 10.1. The maximum atomic E-state index is 12.4. The summed E-state index contributed by atoms with van der Waals surface area (Å²) in [6, 6.07) is 10.2. The second-order valence-corrected chi connectivity index (χ2v) is 7.57. The lowest BCUT2D eigenvalue weighted by Crippen LogP contribution is -2.30. The summed E-state index contributed by atoms with van der Waals surface area (Å²) < 4.78 is 1.19. The Morgan fingerprint density at radius 3 is 2.48 bits per heavy atom. The quantitative estimate of drug-likeness (QED) is 0.745. The highest BCUT2D eigenvalue weighted by Gasteiger charge is 2.15. The predicted molar refractivity (Wildman–Crippen MR) is 107 cm³/mol. The molecule has 0 unspecified atom stereocenters. The van der Waals surface area contributed by atoms with Crippen molar-refractivity contribution in [2.24, 2.45) is 0 Å². The van der Waals surface area contributed by atoms with Crippen LogP contribution in [0, 0.1) is 27.7 Å². The fraction of sp³-hybridized carbons (Fsp3) is 0.300. The van der Waals surface area contributed by atoms with E-state index in [4.69, 9.17) is 4.98 Å². The van der Waals surface area contributed by atoms with E-state index in [9.17, 15) is 4.79 Å². The second-order valence-electron chi connectivity index (χ2n) is 6.60. The number of hydrogen-bond acceptors (Lipinski definition) is 4. The molecule has 2 aromatic carbocycles. The molecule has 0 atom stereocenters. The number of fused-ring (bicyclic) bond motifs is 1. The van der Waals surface area contributed by atoms with Gasteiger partial charge in [0, 0.05) is 12.7 Å². The smallest absolute Gasteiger partial charge is 0.243 e. The van der Waals surface area contributed by atoms with E-state index in [0.29, 0.717) is 0 Å². The van der Waals surface area contributed by atoms with Gasteiger partial charge in [-0.1, -0.05) is 41.2 Å². The molecular formula is C20H23N3OS. The molecule has 1 amide bonds. The van der Waals surface area contributed by atoms with E-state index >= 15 is 0 Å². The molecule has 1 heterocycles. The first-order valence-electron chi connectivity index (χ1n) is 8.30. The molecule has 130 valence electrons. The van der Waals surface area contributed by atoms with Crippen LogP contribution in [-0.2, 0) is 4.79 Å². The number of carbonyl (C=O) groups excluding carboxylic acids is 1. The van der Waals surface area contributed by atoms with Crippen LogP contribution in [0.25, 0.3) is 10.2 Å². The molecule has 25 heavy (non-hydrogen) atoms. The fourth-order valence-electron chi connectivity index (χ4n) is 2.84. The maximum Gasteiger partial charge on any atom is 0.243 e. The number of anilines is 2. The second kappa shape index (κ2) is 6.84. The Hall–Kier alpha value is -2.40. The minimum Gasteiger partial charge on any atom is -0.342 e. The van der Waals surface area contributed by atoms with Crippen LogP contribution in [0.2, 0.25) is 0 Å². The molecule has 4 nitrogen and oxygen atoms in total. The Morgan fingerprint density at radius 1 is 1.08 bits per heavy atom. The first-order valence-corrected chi connectivity index (χ1v) is 9.12. The van der Waals surface area contributed by atoms with Crippen molar-refractivity contribution in [2.75, 3.05) is 23.8 Å². The molecule has 0 fully saturated rings. The summed E-state index contributed by atoms with van der Waals surface area (Å²) in [6.45, 7) is 8.48. The van der Waals surface area contributed by atoms with E-state index in [0.717, 1.165) is 27.5 Å². The van der Waals surface area contributed by atoms with Crippen LogP contribution in [0.5, 0.6) is 0 Å². The summed E-state index contributed by atoms with van der Waals surface area (Å²) in [5.74, 6) is -0.0397. The van der Waals surface area contributed by atoms with Crippen molar-refractivity contribution in [1.29, 1.82) is 0 Å². The molecule has 0 aliphatic carbocycles. The maximum absolute atomic E-state index is 12.4. The van der Waals surface area contributed by atoms with Crippen LogP contribution in [0.15, 0.2) is 30.3 Å². The van der Waals surface area contributed by atoms with Crippen LogP contribution >= 0.6 is 11.3 Å². The Kier molecular flexibility index (Phi) is 4.77. The number of benzene rings is 2. The van der Waals surface area contributed by atoms with Gasteiger partial charge in [-0.15, -0.1) is 0 Å². The van der Waals surface area contributed by atoms with Gasteiger partial charge in [-0.2, -0.15) is 0 Å². The zero-order valence-corrected chi connectivity index (χ0v) is 16.1. The highest BCUT2D eigenvalue weighted by Crippen LogP contribution is 2.32. The number of nitrogens with one attached hydrogen (secondary N) is 1. The third kappa shape index (κ3) is 3.66. The number of likely N-dealkylation sites (N-methyl/N-ethyl adjacent to an activating group) is 1. The topological polar surface area (TPSA) is 45.2 Å². The summed E-state index contributed by atoms with van der Waals surface area (Å²) in [7, 11) is 1.91. The van der Waals surface area contributed by atoms with Crippen molar-refractivity contribution in [3.05, 3.63) is 52.6 Å². The molecule has 0 saturated carbocycles. The van der Waals surface area contributed by atoms with E-state index in [1.54, 1.807) is 11.3 Å². The van der Waals surface area contributed by atoms with E-state index in [1.165, 1.54) is 15.8 Å². The van der Waals surface area contributed by atoms with Gasteiger partial charge in [0.1, 0.15) is 0 Å². The van der Waals surface area contributed by atoms with Crippen molar-refractivity contribution >= 4 is 38.3 Å². The summed E-state index contributed by atoms with van der Waals surface area (Å²) in [4.78, 5) is 19.0. The third-order valence-corrected chi connectivity index (χ3v) is 5.60. The molecule has 0 aliphatic rings. The normalized spacial score (nSPS) is 10.9. The molecular weight excluding hydrogens is 330 g/mol. The zero-order valence-electron chi connectivity index (χ0n) is 15.3. The Balaban J connectivity index is 1.75. The van der Waals surface area contributed by atoms with Crippen LogP contribution in [-0.4, -0.2) is 24.5 Å². The highest BCUT2D eigenvalue weighted by molar-refractivity contribution is 7.22. The minimum atomic E-state index is -0.0397. The Labute approximate surface area is 152 Å². The number of carbonyl (C=O) groups is 1. The van der Waals surface area contributed by atoms with Crippen molar-refractivity contribution in [1.82, 2.24) is 4.98 Å². The number of thiazole rings is 1. The largest absolute Gasteiger partial charge is 0.342 e. The van der Waals surface area contributed by atoms with Gasteiger partial charge in [0.2, 0.25) is 5.91 Å². The molecule has 3 rings (SSSR count). The molecule has 0 aliphatic heterocycles. The SMILES string of the molecule is Cc1ccc(NC(=O)CN(C)c2nc3c(C)ccc(C)c3s2)c(C)c1. The van der Waals surface area contributed by atoms with Crippen molar-refractivity contribution in [2.45, 2.75) is 27.7 Å². The summed E-state index contributed by atoms with van der Waals surface area (Å²) >= 11 is 1.63. The monoisotopic (exact) mass is 353 g/mol. The number of hydrogen-bond donors (Lipinski definition) is 1. The van der Waals surface area contributed by atoms with Crippen LogP contribution in [0.3, 0.4) is 0 Å². The molecule has 0 spiro atoms. The first kappa shape index (κ1) is 17.4. The average molecular weight is 353 g/mol. The van der Waals surface area contributed by atoms with E-state index in [-0.39, 0.29) is 12.5 Å². The molecule has 1 N–H and O–H groups in total. The molecule has 5 heteroatoms. The molecule has 0 radical (unpaired) electrons. The summed E-state index contributed by atoms with van der Waals surface area (Å²) in [5.41, 5.74) is 6.53.